The highest BCUT2D eigenvalue weighted by molar-refractivity contribution is 14.1. The Labute approximate surface area is 211 Å². The van der Waals surface area contributed by atoms with E-state index in [9.17, 15) is 9.18 Å². The van der Waals surface area contributed by atoms with E-state index in [1.807, 2.05) is 13.0 Å². The zero-order valence-electron chi connectivity index (χ0n) is 18.9. The number of hydrogen-bond acceptors (Lipinski definition) is 6. The number of nitrogens with one attached hydrogen (secondary N) is 1. The topological polar surface area (TPSA) is 78.4 Å². The van der Waals surface area contributed by atoms with Gasteiger partial charge in [0.1, 0.15) is 12.4 Å². The number of methoxy groups -OCH3 is 2. The number of amides is 1. The Morgan fingerprint density at radius 3 is 2.53 bits per heavy atom. The molecule has 7 nitrogen and oxygen atoms in total. The zero-order chi connectivity index (χ0) is 24.5. The first-order valence-electron chi connectivity index (χ1n) is 10.3. The maximum absolute atomic E-state index is 13.4. The quantitative estimate of drug-likeness (QED) is 0.204. The van der Waals surface area contributed by atoms with E-state index in [4.69, 9.17) is 18.9 Å². The Morgan fingerprint density at radius 1 is 1.03 bits per heavy atom. The summed E-state index contributed by atoms with van der Waals surface area (Å²) in [5.41, 5.74) is 4.29. The normalized spacial score (nSPS) is 10.7. The molecule has 0 saturated carbocycles. The Morgan fingerprint density at radius 2 is 1.82 bits per heavy atom. The van der Waals surface area contributed by atoms with Crippen LogP contribution in [0.1, 0.15) is 28.4 Å². The summed E-state index contributed by atoms with van der Waals surface area (Å²) in [5.74, 6) is 1.34. The molecule has 0 aromatic heterocycles. The molecule has 0 saturated heterocycles. The number of halogens is 2. The second-order valence-corrected chi connectivity index (χ2v) is 8.11. The summed E-state index contributed by atoms with van der Waals surface area (Å²) in [7, 11) is 3.07. The molecule has 34 heavy (non-hydrogen) atoms. The summed E-state index contributed by atoms with van der Waals surface area (Å²) in [6, 6.07) is 14.7. The van der Waals surface area contributed by atoms with Gasteiger partial charge in [0.15, 0.2) is 23.0 Å². The van der Waals surface area contributed by atoms with Gasteiger partial charge in [-0.2, -0.15) is 5.10 Å². The summed E-state index contributed by atoms with van der Waals surface area (Å²) >= 11 is 2.12. The van der Waals surface area contributed by atoms with Crippen molar-refractivity contribution in [3.05, 3.63) is 80.7 Å². The fourth-order valence-electron chi connectivity index (χ4n) is 3.05. The highest BCUT2D eigenvalue weighted by Gasteiger charge is 2.13. The minimum Gasteiger partial charge on any atom is -0.493 e. The van der Waals surface area contributed by atoms with Crippen molar-refractivity contribution >= 4 is 34.7 Å². The van der Waals surface area contributed by atoms with E-state index in [0.717, 1.165) is 3.57 Å². The summed E-state index contributed by atoms with van der Waals surface area (Å²) in [6.45, 7) is 2.49. The number of carbonyl (C=O) groups is 1. The van der Waals surface area contributed by atoms with E-state index >= 15 is 0 Å². The summed E-state index contributed by atoms with van der Waals surface area (Å²) in [4.78, 5) is 12.5. The van der Waals surface area contributed by atoms with E-state index in [-0.39, 0.29) is 12.4 Å². The first-order valence-corrected chi connectivity index (χ1v) is 11.4. The second kappa shape index (κ2) is 12.2. The Kier molecular flexibility index (Phi) is 9.08. The van der Waals surface area contributed by atoms with E-state index in [1.54, 1.807) is 36.4 Å². The maximum Gasteiger partial charge on any atom is 0.271 e. The Balaban J connectivity index is 1.69. The lowest BCUT2D eigenvalue weighted by molar-refractivity contribution is 0.0954. The molecule has 1 N–H and O–H groups in total. The lowest BCUT2D eigenvalue weighted by Crippen LogP contribution is -2.17. The van der Waals surface area contributed by atoms with Crippen molar-refractivity contribution in [2.75, 3.05) is 20.8 Å². The third kappa shape index (κ3) is 6.60. The van der Waals surface area contributed by atoms with Crippen LogP contribution >= 0.6 is 22.6 Å². The second-order valence-electron chi connectivity index (χ2n) is 6.95. The molecule has 0 aliphatic carbocycles. The van der Waals surface area contributed by atoms with Crippen molar-refractivity contribution in [3.8, 4) is 23.0 Å². The molecule has 0 aliphatic heterocycles. The summed E-state index contributed by atoms with van der Waals surface area (Å²) < 4.78 is 36.2. The molecule has 9 heteroatoms. The van der Waals surface area contributed by atoms with Crippen LogP contribution in [0.5, 0.6) is 23.0 Å². The van der Waals surface area contributed by atoms with Gasteiger partial charge in [0, 0.05) is 5.56 Å². The van der Waals surface area contributed by atoms with Gasteiger partial charge in [-0.25, -0.2) is 9.82 Å². The van der Waals surface area contributed by atoms with Gasteiger partial charge in [0.25, 0.3) is 5.91 Å². The van der Waals surface area contributed by atoms with Gasteiger partial charge in [-0.05, 0) is 83.1 Å². The van der Waals surface area contributed by atoms with Crippen molar-refractivity contribution in [1.29, 1.82) is 0 Å². The Bertz CT molecular complexity index is 1190. The number of hydrogen-bond donors (Lipinski definition) is 1. The average molecular weight is 578 g/mol. The molecule has 0 aliphatic rings. The SMILES string of the molecule is CCOc1cc(C(=O)N/N=C/c2cc(I)c(OCc3cccc(F)c3)c(OC)c2)ccc1OC. The molecule has 178 valence electrons. The predicted octanol–water partition coefficient (Wildman–Crippen LogP) is 5.19. The number of nitrogens with zero attached hydrogens (tertiary/aromatic N) is 1. The zero-order valence-corrected chi connectivity index (χ0v) is 21.1. The first kappa shape index (κ1) is 25.3. The van der Waals surface area contributed by atoms with Crippen LogP contribution in [0.15, 0.2) is 59.7 Å². The standard InChI is InChI=1S/C25H24FIN2O5/c1-4-33-22-13-18(8-9-21(22)31-2)25(30)29-28-14-17-11-20(27)24(23(12-17)32-3)34-15-16-6-5-7-19(26)10-16/h5-14H,4,15H2,1-3H3,(H,29,30)/b28-14+. The van der Waals surface area contributed by atoms with Crippen LogP contribution < -0.4 is 24.4 Å². The molecule has 3 aromatic rings. The molecule has 0 atom stereocenters. The lowest BCUT2D eigenvalue weighted by Gasteiger charge is -2.13. The van der Waals surface area contributed by atoms with E-state index in [1.165, 1.54) is 32.6 Å². The van der Waals surface area contributed by atoms with E-state index < -0.39 is 5.91 Å². The van der Waals surface area contributed by atoms with Gasteiger partial charge in [0.2, 0.25) is 0 Å². The van der Waals surface area contributed by atoms with Crippen LogP contribution in [0.3, 0.4) is 0 Å². The molecule has 0 radical (unpaired) electrons. The molecule has 3 rings (SSSR count). The van der Waals surface area contributed by atoms with Crippen molar-refractivity contribution in [1.82, 2.24) is 5.43 Å². The van der Waals surface area contributed by atoms with Crippen LogP contribution in [0.4, 0.5) is 4.39 Å². The summed E-state index contributed by atoms with van der Waals surface area (Å²) in [6.07, 6.45) is 1.51. The Hall–Kier alpha value is -3.34. The largest absolute Gasteiger partial charge is 0.493 e. The van der Waals surface area contributed by atoms with Crippen molar-refractivity contribution in [2.24, 2.45) is 5.10 Å². The molecule has 0 spiro atoms. The monoisotopic (exact) mass is 578 g/mol. The molecular formula is C25H24FIN2O5. The number of rotatable bonds is 10. The average Bonchev–Trinajstić information content (AvgIpc) is 2.83. The molecule has 0 fully saturated rings. The minimum absolute atomic E-state index is 0.194. The fourth-order valence-corrected chi connectivity index (χ4v) is 3.83. The van der Waals surface area contributed by atoms with Gasteiger partial charge in [-0.3, -0.25) is 4.79 Å². The molecule has 0 unspecified atom stereocenters. The van der Waals surface area contributed by atoms with Crippen LogP contribution in [-0.2, 0) is 6.61 Å². The number of ether oxygens (including phenoxy) is 4. The predicted molar refractivity (Wildman–Crippen MR) is 136 cm³/mol. The van der Waals surface area contributed by atoms with Crippen LogP contribution in [0.2, 0.25) is 0 Å². The highest BCUT2D eigenvalue weighted by atomic mass is 127. The number of carbonyl (C=O) groups excluding carboxylic acids is 1. The number of hydrazone groups is 1. The third-order valence-electron chi connectivity index (χ3n) is 4.63. The van der Waals surface area contributed by atoms with Crippen molar-refractivity contribution < 1.29 is 28.1 Å². The smallest absolute Gasteiger partial charge is 0.271 e. The van der Waals surface area contributed by atoms with Crippen LogP contribution in [-0.4, -0.2) is 32.9 Å². The fraction of sp³-hybridized carbons (Fsp3) is 0.200. The highest BCUT2D eigenvalue weighted by Crippen LogP contribution is 2.34. The van der Waals surface area contributed by atoms with Crippen LogP contribution in [0.25, 0.3) is 0 Å². The van der Waals surface area contributed by atoms with Crippen molar-refractivity contribution in [3.63, 3.8) is 0 Å². The van der Waals surface area contributed by atoms with Gasteiger partial charge >= 0.3 is 0 Å². The summed E-state index contributed by atoms with van der Waals surface area (Å²) in [5, 5.41) is 4.05. The van der Waals surface area contributed by atoms with Gasteiger partial charge in [-0.1, -0.05) is 12.1 Å². The molecule has 0 heterocycles. The van der Waals surface area contributed by atoms with E-state index in [0.29, 0.717) is 46.3 Å². The van der Waals surface area contributed by atoms with Crippen molar-refractivity contribution in [2.45, 2.75) is 13.5 Å². The number of benzene rings is 3. The van der Waals surface area contributed by atoms with Gasteiger partial charge in [0.05, 0.1) is 30.6 Å². The van der Waals surface area contributed by atoms with Crippen LogP contribution in [0, 0.1) is 9.39 Å². The molecule has 3 aromatic carbocycles. The molecule has 0 bridgehead atoms. The van der Waals surface area contributed by atoms with Gasteiger partial charge in [-0.15, -0.1) is 0 Å². The first-order chi connectivity index (χ1) is 16.4. The minimum atomic E-state index is -0.392. The maximum atomic E-state index is 13.4. The molecular weight excluding hydrogens is 554 g/mol. The molecule has 1 amide bonds. The van der Waals surface area contributed by atoms with Gasteiger partial charge < -0.3 is 18.9 Å². The van der Waals surface area contributed by atoms with E-state index in [2.05, 4.69) is 33.1 Å². The third-order valence-corrected chi connectivity index (χ3v) is 5.43. The lowest BCUT2D eigenvalue weighted by atomic mass is 10.2.